The van der Waals surface area contributed by atoms with Crippen LogP contribution in [-0.4, -0.2) is 48.9 Å². The van der Waals surface area contributed by atoms with Crippen LogP contribution in [0, 0.1) is 11.3 Å². The maximum Gasteiger partial charge on any atom is 0.263 e. The van der Waals surface area contributed by atoms with Crippen molar-refractivity contribution < 1.29 is 19.5 Å². The Kier molecular flexibility index (Phi) is 9.03. The Morgan fingerprint density at radius 2 is 1.90 bits per heavy atom. The molecule has 0 atom stereocenters. The van der Waals surface area contributed by atoms with Crippen LogP contribution in [0.5, 0.6) is 5.75 Å². The lowest BCUT2D eigenvalue weighted by Crippen LogP contribution is -2.31. The Morgan fingerprint density at radius 3 is 2.52 bits per heavy atom. The van der Waals surface area contributed by atoms with E-state index in [-0.39, 0.29) is 24.7 Å². The number of benzene rings is 1. The van der Waals surface area contributed by atoms with E-state index in [4.69, 9.17) is 5.26 Å². The number of amides is 3. The molecule has 0 saturated carbocycles. The molecule has 0 saturated heterocycles. The predicted octanol–water partition coefficient (Wildman–Crippen LogP) is 3.13. The molecule has 0 unspecified atom stereocenters. The molecule has 1 aromatic heterocycles. The molecule has 31 heavy (non-hydrogen) atoms. The summed E-state index contributed by atoms with van der Waals surface area (Å²) in [4.78, 5) is 40.3. The molecule has 0 fully saturated rings. The number of carbonyl (C=O) groups is 3. The second-order valence-electron chi connectivity index (χ2n) is 7.15. The minimum Gasteiger partial charge on any atom is -0.508 e. The van der Waals surface area contributed by atoms with Crippen LogP contribution in [0.1, 0.15) is 51.3 Å². The summed E-state index contributed by atoms with van der Waals surface area (Å²) >= 11 is 1.18. The Hall–Kier alpha value is -3.38. The lowest BCUT2D eigenvalue weighted by molar-refractivity contribution is -0.116. The SMILES string of the molecule is CN(C)c1sc(C(=O)NCc2ccc(O)cc2)cc1C(=O)N(C=O)CCCCCC#N. The number of aromatic hydroxyl groups is 1. The summed E-state index contributed by atoms with van der Waals surface area (Å²) < 4.78 is 0. The molecule has 2 N–H and O–H groups in total. The largest absolute Gasteiger partial charge is 0.508 e. The van der Waals surface area contributed by atoms with Crippen molar-refractivity contribution in [2.75, 3.05) is 25.5 Å². The van der Waals surface area contributed by atoms with Gasteiger partial charge in [-0.3, -0.25) is 19.3 Å². The number of phenolic OH excluding ortho intramolecular Hbond substituents is 1. The lowest BCUT2D eigenvalue weighted by atomic mass is 10.2. The first kappa shape index (κ1) is 23.9. The minimum absolute atomic E-state index is 0.150. The monoisotopic (exact) mass is 442 g/mol. The predicted molar refractivity (Wildman–Crippen MR) is 119 cm³/mol. The van der Waals surface area contributed by atoms with Crippen LogP contribution < -0.4 is 10.2 Å². The fourth-order valence-electron chi connectivity index (χ4n) is 2.88. The van der Waals surface area contributed by atoms with Gasteiger partial charge in [-0.05, 0) is 36.6 Å². The third-order valence-electron chi connectivity index (χ3n) is 4.54. The number of anilines is 1. The molecule has 9 heteroatoms. The maximum absolute atomic E-state index is 12.9. The Balaban J connectivity index is 2.09. The van der Waals surface area contributed by atoms with Crippen molar-refractivity contribution in [3.8, 4) is 11.8 Å². The van der Waals surface area contributed by atoms with E-state index in [2.05, 4.69) is 11.4 Å². The van der Waals surface area contributed by atoms with Gasteiger partial charge in [0.25, 0.3) is 11.8 Å². The highest BCUT2D eigenvalue weighted by molar-refractivity contribution is 7.18. The fraction of sp³-hybridized carbons (Fsp3) is 0.364. The summed E-state index contributed by atoms with van der Waals surface area (Å²) in [5, 5.41) is 21.3. The molecule has 2 rings (SSSR count). The van der Waals surface area contributed by atoms with Crippen LogP contribution in [0.15, 0.2) is 30.3 Å². The smallest absolute Gasteiger partial charge is 0.263 e. The van der Waals surface area contributed by atoms with Gasteiger partial charge < -0.3 is 15.3 Å². The van der Waals surface area contributed by atoms with Gasteiger partial charge in [-0.1, -0.05) is 18.6 Å². The summed E-state index contributed by atoms with van der Waals surface area (Å²) in [6, 6.07) is 10.1. The quantitative estimate of drug-likeness (QED) is 0.408. The Morgan fingerprint density at radius 1 is 1.19 bits per heavy atom. The van der Waals surface area contributed by atoms with Crippen molar-refractivity contribution in [2.24, 2.45) is 0 Å². The second-order valence-corrected chi connectivity index (χ2v) is 8.18. The van der Waals surface area contributed by atoms with Crippen molar-refractivity contribution in [1.82, 2.24) is 10.2 Å². The highest BCUT2D eigenvalue weighted by atomic mass is 32.1. The summed E-state index contributed by atoms with van der Waals surface area (Å²) in [6.45, 7) is 0.541. The third-order valence-corrected chi connectivity index (χ3v) is 5.84. The zero-order chi connectivity index (χ0) is 22.8. The van der Waals surface area contributed by atoms with E-state index in [0.29, 0.717) is 34.7 Å². The molecule has 0 aliphatic rings. The number of nitrogens with one attached hydrogen (secondary N) is 1. The third kappa shape index (κ3) is 6.83. The molecule has 0 radical (unpaired) electrons. The van der Waals surface area contributed by atoms with Gasteiger partial charge in [0.05, 0.1) is 16.5 Å². The van der Waals surface area contributed by atoms with Gasteiger partial charge in [-0.15, -0.1) is 11.3 Å². The van der Waals surface area contributed by atoms with Crippen LogP contribution in [-0.2, 0) is 11.3 Å². The highest BCUT2D eigenvalue weighted by Gasteiger charge is 2.24. The van der Waals surface area contributed by atoms with Crippen molar-refractivity contribution in [3.63, 3.8) is 0 Å². The van der Waals surface area contributed by atoms with Crippen LogP contribution in [0.2, 0.25) is 0 Å². The van der Waals surface area contributed by atoms with Crippen LogP contribution in [0.25, 0.3) is 0 Å². The van der Waals surface area contributed by atoms with Gasteiger partial charge in [0.2, 0.25) is 6.41 Å². The number of hydrogen-bond acceptors (Lipinski definition) is 7. The first-order valence-corrected chi connectivity index (χ1v) is 10.7. The standard InChI is InChI=1S/C22H26N4O4S/c1-25(2)22-18(21(30)26(15-27)12-6-4-3-5-11-23)13-19(31-22)20(29)24-14-16-7-9-17(28)10-8-16/h7-10,13,15,28H,3-6,12,14H2,1-2H3,(H,24,29). The molecule has 0 bridgehead atoms. The van der Waals surface area contributed by atoms with Gasteiger partial charge in [0, 0.05) is 33.6 Å². The van der Waals surface area contributed by atoms with E-state index in [9.17, 15) is 19.5 Å². The number of nitriles is 1. The average molecular weight is 443 g/mol. The zero-order valence-corrected chi connectivity index (χ0v) is 18.4. The van der Waals surface area contributed by atoms with Gasteiger partial charge in [0.15, 0.2) is 0 Å². The summed E-state index contributed by atoms with van der Waals surface area (Å²) in [5.74, 6) is -0.626. The number of phenols is 1. The molecule has 3 amide bonds. The van der Waals surface area contributed by atoms with Crippen molar-refractivity contribution in [2.45, 2.75) is 32.2 Å². The van der Waals surface area contributed by atoms with E-state index in [1.807, 2.05) is 0 Å². The minimum atomic E-state index is -0.451. The maximum atomic E-state index is 12.9. The molecule has 0 aliphatic carbocycles. The van der Waals surface area contributed by atoms with Crippen LogP contribution >= 0.6 is 11.3 Å². The van der Waals surface area contributed by atoms with E-state index in [1.165, 1.54) is 17.4 Å². The Bertz CT molecular complexity index is 947. The molecular weight excluding hydrogens is 416 g/mol. The normalized spacial score (nSPS) is 10.2. The first-order valence-electron chi connectivity index (χ1n) is 9.87. The number of carbonyl (C=O) groups excluding carboxylic acids is 3. The summed E-state index contributed by atoms with van der Waals surface area (Å²) in [5.41, 5.74) is 1.13. The van der Waals surface area contributed by atoms with Gasteiger partial charge >= 0.3 is 0 Å². The van der Waals surface area contributed by atoms with Crippen molar-refractivity contribution in [3.05, 3.63) is 46.3 Å². The van der Waals surface area contributed by atoms with Crippen molar-refractivity contribution >= 4 is 34.6 Å². The summed E-state index contributed by atoms with van der Waals surface area (Å²) in [7, 11) is 3.54. The molecule has 1 heterocycles. The molecule has 0 aliphatic heterocycles. The zero-order valence-electron chi connectivity index (χ0n) is 17.6. The number of rotatable bonds is 11. The number of imide groups is 1. The molecule has 2 aromatic rings. The molecule has 1 aromatic carbocycles. The second kappa shape index (κ2) is 11.7. The number of nitrogens with zero attached hydrogens (tertiary/aromatic N) is 3. The van der Waals surface area contributed by atoms with Gasteiger partial charge in [-0.2, -0.15) is 5.26 Å². The van der Waals surface area contributed by atoms with E-state index in [0.717, 1.165) is 23.3 Å². The number of unbranched alkanes of at least 4 members (excludes halogenated alkanes) is 3. The highest BCUT2D eigenvalue weighted by Crippen LogP contribution is 2.31. The van der Waals surface area contributed by atoms with Crippen LogP contribution in [0.4, 0.5) is 5.00 Å². The van der Waals surface area contributed by atoms with Crippen LogP contribution in [0.3, 0.4) is 0 Å². The first-order chi connectivity index (χ1) is 14.9. The van der Waals surface area contributed by atoms with E-state index in [1.54, 1.807) is 43.3 Å². The molecule has 164 valence electrons. The summed E-state index contributed by atoms with van der Waals surface area (Å²) in [6.07, 6.45) is 3.05. The fourth-order valence-corrected chi connectivity index (χ4v) is 3.87. The van der Waals surface area contributed by atoms with E-state index < -0.39 is 5.91 Å². The molecular formula is C22H26N4O4S. The number of hydrogen-bond donors (Lipinski definition) is 2. The lowest BCUT2D eigenvalue weighted by Gasteiger charge is -2.17. The van der Waals surface area contributed by atoms with Crippen molar-refractivity contribution in [1.29, 1.82) is 5.26 Å². The van der Waals surface area contributed by atoms with Gasteiger partial charge in [-0.25, -0.2) is 0 Å². The molecule has 0 spiro atoms. The van der Waals surface area contributed by atoms with Gasteiger partial charge in [0.1, 0.15) is 10.8 Å². The topological polar surface area (TPSA) is 114 Å². The average Bonchev–Trinajstić information content (AvgIpc) is 3.21. The Labute approximate surface area is 185 Å². The number of thiophene rings is 1. The van der Waals surface area contributed by atoms with E-state index >= 15 is 0 Å². The molecule has 8 nitrogen and oxygen atoms in total.